The average Bonchev–Trinajstić information content (AvgIpc) is 2.73. The summed E-state index contributed by atoms with van der Waals surface area (Å²) in [6.45, 7) is 9.76. The van der Waals surface area contributed by atoms with Crippen molar-refractivity contribution in [2.24, 2.45) is 5.92 Å². The number of ether oxygens (including phenoxy) is 1. The average molecular weight is 444 g/mol. The van der Waals surface area contributed by atoms with Crippen molar-refractivity contribution in [3.05, 3.63) is 52.3 Å². The Morgan fingerprint density at radius 1 is 1.19 bits per heavy atom. The zero-order valence-corrected chi connectivity index (χ0v) is 20.0. The molecule has 0 saturated heterocycles. The van der Waals surface area contributed by atoms with E-state index in [0.29, 0.717) is 24.8 Å². The normalized spacial score (nSPS) is 11.1. The minimum atomic E-state index is -0.475. The second-order valence-electron chi connectivity index (χ2n) is 8.59. The van der Waals surface area contributed by atoms with Gasteiger partial charge in [-0.2, -0.15) is 5.10 Å². The number of nitrogens with one attached hydrogen (secondary N) is 1. The Bertz CT molecular complexity index is 911. The fourth-order valence-electron chi connectivity index (χ4n) is 3.31. The number of unbranched alkanes of at least 4 members (excludes halogenated alkanes) is 1. The molecule has 2 rings (SSSR count). The lowest BCUT2D eigenvalue weighted by Crippen LogP contribution is -2.31. The molecular weight excluding hydrogens is 406 g/mol. The van der Waals surface area contributed by atoms with Gasteiger partial charge in [-0.15, -0.1) is 0 Å². The van der Waals surface area contributed by atoms with Crippen molar-refractivity contribution < 1.29 is 9.53 Å². The first-order valence-electron chi connectivity index (χ1n) is 11.3. The highest BCUT2D eigenvalue weighted by atomic mass is 16.5. The molecule has 0 atom stereocenters. The summed E-state index contributed by atoms with van der Waals surface area (Å²) in [5.41, 5.74) is 1.33. The van der Waals surface area contributed by atoms with Crippen LogP contribution in [0.1, 0.15) is 39.2 Å². The topological polar surface area (TPSA) is 79.7 Å². The first kappa shape index (κ1) is 25.4. The molecule has 1 aromatic carbocycles. The van der Waals surface area contributed by atoms with Crippen LogP contribution in [0.15, 0.2) is 41.2 Å². The fraction of sp³-hybridized carbons (Fsp3) is 0.542. The van der Waals surface area contributed by atoms with E-state index < -0.39 is 6.09 Å². The van der Waals surface area contributed by atoms with Gasteiger partial charge in [-0.05, 0) is 70.1 Å². The number of benzene rings is 1. The van der Waals surface area contributed by atoms with Crippen LogP contribution in [0.3, 0.4) is 0 Å². The second kappa shape index (κ2) is 12.9. The highest BCUT2D eigenvalue weighted by molar-refractivity contribution is 5.84. The van der Waals surface area contributed by atoms with Crippen LogP contribution in [0.2, 0.25) is 0 Å². The van der Waals surface area contributed by atoms with Crippen molar-refractivity contribution in [3.63, 3.8) is 0 Å². The Balaban J connectivity index is 1.99. The highest BCUT2D eigenvalue weighted by Crippen LogP contribution is 2.14. The number of rotatable bonds is 12. The van der Waals surface area contributed by atoms with Gasteiger partial charge < -0.3 is 14.5 Å². The van der Waals surface area contributed by atoms with Crippen molar-refractivity contribution in [1.29, 1.82) is 0 Å². The lowest BCUT2D eigenvalue weighted by Gasteiger charge is -2.24. The lowest BCUT2D eigenvalue weighted by atomic mass is 10.2. The molecule has 0 radical (unpaired) electrons. The van der Waals surface area contributed by atoms with Crippen LogP contribution in [0.5, 0.6) is 0 Å². The van der Waals surface area contributed by atoms with Gasteiger partial charge in [0.25, 0.3) is 5.56 Å². The predicted molar refractivity (Wildman–Crippen MR) is 130 cm³/mol. The largest absolute Gasteiger partial charge is 0.449 e. The number of hydrogen-bond donors (Lipinski definition) is 1. The molecule has 32 heavy (non-hydrogen) atoms. The van der Waals surface area contributed by atoms with Crippen LogP contribution in [0, 0.1) is 5.92 Å². The molecule has 0 spiro atoms. The summed E-state index contributed by atoms with van der Waals surface area (Å²) in [5, 5.41) is 7.32. The number of nitrogens with zero attached hydrogens (tertiary/aromatic N) is 4. The molecule has 2 aromatic rings. The maximum Gasteiger partial charge on any atom is 0.411 e. The molecule has 1 aromatic heterocycles. The van der Waals surface area contributed by atoms with Gasteiger partial charge in [0.2, 0.25) is 0 Å². The number of carbonyl (C=O) groups excluding carboxylic acids is 1. The Morgan fingerprint density at radius 3 is 2.66 bits per heavy atom. The third-order valence-electron chi connectivity index (χ3n) is 4.88. The zero-order chi connectivity index (χ0) is 23.5. The van der Waals surface area contributed by atoms with E-state index in [1.54, 1.807) is 18.2 Å². The first-order chi connectivity index (χ1) is 15.3. The number of anilines is 2. The molecule has 0 aliphatic carbocycles. The Labute approximate surface area is 191 Å². The molecule has 176 valence electrons. The maximum atomic E-state index is 12.4. The van der Waals surface area contributed by atoms with Gasteiger partial charge in [0.1, 0.15) is 5.82 Å². The van der Waals surface area contributed by atoms with E-state index in [9.17, 15) is 9.59 Å². The monoisotopic (exact) mass is 443 g/mol. The fourth-order valence-corrected chi connectivity index (χ4v) is 3.31. The van der Waals surface area contributed by atoms with E-state index in [1.807, 2.05) is 32.3 Å². The van der Waals surface area contributed by atoms with Gasteiger partial charge in [0, 0.05) is 24.8 Å². The molecule has 0 fully saturated rings. The summed E-state index contributed by atoms with van der Waals surface area (Å²) >= 11 is 0. The van der Waals surface area contributed by atoms with E-state index in [0.717, 1.165) is 43.9 Å². The SMILES string of the molecule is CCN(CC(C)C)c1ccc(=O)n(Cc2cccc(NC(=O)OCCCCN(C)C)c2)n1. The van der Waals surface area contributed by atoms with Crippen molar-refractivity contribution in [3.8, 4) is 0 Å². The van der Waals surface area contributed by atoms with Crippen LogP contribution in [0.4, 0.5) is 16.3 Å². The minimum absolute atomic E-state index is 0.162. The van der Waals surface area contributed by atoms with Gasteiger partial charge in [-0.25, -0.2) is 9.48 Å². The molecule has 8 heteroatoms. The van der Waals surface area contributed by atoms with Crippen molar-refractivity contribution >= 4 is 17.6 Å². The maximum absolute atomic E-state index is 12.4. The quantitative estimate of drug-likeness (QED) is 0.504. The molecule has 0 saturated carbocycles. The third kappa shape index (κ3) is 8.70. The number of amides is 1. The predicted octanol–water partition coefficient (Wildman–Crippen LogP) is 3.66. The van der Waals surface area contributed by atoms with Crippen LogP contribution in [-0.2, 0) is 11.3 Å². The smallest absolute Gasteiger partial charge is 0.411 e. The Kier molecular flexibility index (Phi) is 10.2. The van der Waals surface area contributed by atoms with Gasteiger partial charge in [0.15, 0.2) is 0 Å². The minimum Gasteiger partial charge on any atom is -0.449 e. The second-order valence-corrected chi connectivity index (χ2v) is 8.59. The zero-order valence-electron chi connectivity index (χ0n) is 20.0. The van der Waals surface area contributed by atoms with Crippen LogP contribution >= 0.6 is 0 Å². The van der Waals surface area contributed by atoms with Gasteiger partial charge in [-0.1, -0.05) is 26.0 Å². The van der Waals surface area contributed by atoms with Crippen LogP contribution in [-0.4, -0.2) is 61.1 Å². The number of hydrogen-bond acceptors (Lipinski definition) is 6. The third-order valence-corrected chi connectivity index (χ3v) is 4.88. The number of carbonyl (C=O) groups is 1. The Hall–Kier alpha value is -2.87. The van der Waals surface area contributed by atoms with Gasteiger partial charge in [0.05, 0.1) is 13.2 Å². The summed E-state index contributed by atoms with van der Waals surface area (Å²) < 4.78 is 6.71. The number of aromatic nitrogens is 2. The highest BCUT2D eigenvalue weighted by Gasteiger charge is 2.11. The van der Waals surface area contributed by atoms with E-state index in [-0.39, 0.29) is 5.56 Å². The molecule has 0 unspecified atom stereocenters. The van der Waals surface area contributed by atoms with Crippen molar-refractivity contribution in [1.82, 2.24) is 14.7 Å². The van der Waals surface area contributed by atoms with E-state index in [2.05, 4.69) is 41.0 Å². The molecule has 8 nitrogen and oxygen atoms in total. The first-order valence-corrected chi connectivity index (χ1v) is 11.3. The molecule has 0 aliphatic rings. The lowest BCUT2D eigenvalue weighted by molar-refractivity contribution is 0.158. The van der Waals surface area contributed by atoms with Crippen LogP contribution in [0.25, 0.3) is 0 Å². The van der Waals surface area contributed by atoms with E-state index in [4.69, 9.17) is 4.74 Å². The summed E-state index contributed by atoms with van der Waals surface area (Å²) in [5.74, 6) is 1.28. The molecule has 0 bridgehead atoms. The summed E-state index contributed by atoms with van der Waals surface area (Å²) in [6.07, 6.45) is 1.32. The summed E-state index contributed by atoms with van der Waals surface area (Å²) in [6, 6.07) is 10.7. The van der Waals surface area contributed by atoms with Crippen LogP contribution < -0.4 is 15.8 Å². The van der Waals surface area contributed by atoms with Crippen molar-refractivity contribution in [2.45, 2.75) is 40.2 Å². The summed E-state index contributed by atoms with van der Waals surface area (Å²) in [7, 11) is 4.04. The molecule has 0 aliphatic heterocycles. The Morgan fingerprint density at radius 2 is 1.97 bits per heavy atom. The van der Waals surface area contributed by atoms with Gasteiger partial charge >= 0.3 is 6.09 Å². The van der Waals surface area contributed by atoms with Gasteiger partial charge in [-0.3, -0.25) is 10.1 Å². The molecule has 1 N–H and O–H groups in total. The standard InChI is InChI=1S/C24H37N5O3/c1-6-28(17-19(2)3)22-12-13-23(30)29(26-22)18-20-10-9-11-21(16-20)25-24(31)32-15-8-7-14-27(4)5/h9-13,16,19H,6-8,14-15,17-18H2,1-5H3,(H,25,31). The van der Waals surface area contributed by atoms with E-state index in [1.165, 1.54) is 4.68 Å². The summed E-state index contributed by atoms with van der Waals surface area (Å²) in [4.78, 5) is 28.7. The molecular formula is C24H37N5O3. The molecule has 1 heterocycles. The van der Waals surface area contributed by atoms with Crippen molar-refractivity contribution in [2.75, 3.05) is 50.6 Å². The van der Waals surface area contributed by atoms with E-state index >= 15 is 0 Å². The molecule has 1 amide bonds.